The largest absolute Gasteiger partial charge is 0.144 e. The third kappa shape index (κ3) is 2.58. The highest BCUT2D eigenvalue weighted by Gasteiger charge is 2.14. The van der Waals surface area contributed by atoms with Crippen molar-refractivity contribution < 1.29 is 0 Å². The fourth-order valence-electron chi connectivity index (χ4n) is 1.58. The van der Waals surface area contributed by atoms with Gasteiger partial charge in [-0.15, -0.1) is 22.7 Å². The van der Waals surface area contributed by atoms with E-state index in [1.165, 1.54) is 19.5 Å². The molecule has 3 heteroatoms. The zero-order valence-electron chi connectivity index (χ0n) is 9.50. The summed E-state index contributed by atoms with van der Waals surface area (Å²) in [6.45, 7) is 4.42. The van der Waals surface area contributed by atoms with E-state index in [9.17, 15) is 0 Å². The average Bonchev–Trinajstić information content (AvgIpc) is 2.97. The quantitative estimate of drug-likeness (QED) is 0.661. The van der Waals surface area contributed by atoms with Gasteiger partial charge >= 0.3 is 0 Å². The van der Waals surface area contributed by atoms with Gasteiger partial charge in [-0.25, -0.2) is 0 Å². The number of alkyl halides is 1. The van der Waals surface area contributed by atoms with Gasteiger partial charge in [0.15, 0.2) is 0 Å². The van der Waals surface area contributed by atoms with Gasteiger partial charge in [0.1, 0.15) is 0 Å². The van der Waals surface area contributed by atoms with Crippen LogP contribution in [0.3, 0.4) is 0 Å². The Bertz CT molecular complexity index is 414. The maximum Gasteiger partial charge on any atom is 0.0831 e. The smallest absolute Gasteiger partial charge is 0.0831 e. The van der Waals surface area contributed by atoms with Crippen molar-refractivity contribution in [1.82, 2.24) is 0 Å². The molecule has 0 aliphatic rings. The molecule has 0 fully saturated rings. The summed E-state index contributed by atoms with van der Waals surface area (Å²) in [5, 5.41) is 0. The fraction of sp³-hybridized carbons (Fsp3) is 0.385. The molecule has 0 radical (unpaired) electrons. The average molecular weight is 315 g/mol. The van der Waals surface area contributed by atoms with E-state index in [1.807, 2.05) is 22.7 Å². The van der Waals surface area contributed by atoms with Crippen molar-refractivity contribution in [2.24, 2.45) is 0 Å². The summed E-state index contributed by atoms with van der Waals surface area (Å²) in [6.07, 6.45) is 2.27. The number of aryl methyl sites for hydroxylation is 2. The number of rotatable bonds is 4. The van der Waals surface area contributed by atoms with Crippen molar-refractivity contribution in [1.29, 1.82) is 0 Å². The Morgan fingerprint density at radius 2 is 1.38 bits per heavy atom. The number of hydrogen-bond donors (Lipinski definition) is 0. The molecule has 2 heterocycles. The first-order chi connectivity index (χ1) is 7.74. The number of thiophene rings is 2. The summed E-state index contributed by atoms with van der Waals surface area (Å²) >= 11 is 7.62. The van der Waals surface area contributed by atoms with Crippen molar-refractivity contribution in [3.8, 4) is 0 Å². The molecule has 0 aromatic carbocycles. The number of halogens is 1. The van der Waals surface area contributed by atoms with Gasteiger partial charge in [-0.05, 0) is 37.1 Å². The second-order valence-corrected chi connectivity index (χ2v) is 6.99. The second kappa shape index (κ2) is 5.48. The summed E-state index contributed by atoms with van der Waals surface area (Å²) < 4.78 is 0. The molecule has 0 nitrogen and oxygen atoms in total. The highest BCUT2D eigenvalue weighted by atomic mass is 79.9. The maximum atomic E-state index is 3.80. The van der Waals surface area contributed by atoms with Crippen LogP contribution in [0.4, 0.5) is 0 Å². The van der Waals surface area contributed by atoms with Crippen molar-refractivity contribution in [2.45, 2.75) is 31.5 Å². The lowest BCUT2D eigenvalue weighted by Crippen LogP contribution is -1.83. The second-order valence-electron chi connectivity index (χ2n) is 3.68. The SMILES string of the molecule is CCc1ccc(C(Br)c2ccc(CC)s2)s1. The van der Waals surface area contributed by atoms with E-state index in [0.29, 0.717) is 4.83 Å². The van der Waals surface area contributed by atoms with E-state index < -0.39 is 0 Å². The zero-order chi connectivity index (χ0) is 11.5. The topological polar surface area (TPSA) is 0 Å². The van der Waals surface area contributed by atoms with E-state index in [4.69, 9.17) is 0 Å². The lowest BCUT2D eigenvalue weighted by Gasteiger charge is -2.03. The summed E-state index contributed by atoms with van der Waals surface area (Å²) in [4.78, 5) is 6.14. The van der Waals surface area contributed by atoms with E-state index >= 15 is 0 Å². The van der Waals surface area contributed by atoms with Crippen molar-refractivity contribution >= 4 is 38.6 Å². The van der Waals surface area contributed by atoms with Crippen molar-refractivity contribution in [3.05, 3.63) is 43.8 Å². The molecule has 0 saturated heterocycles. The Kier molecular flexibility index (Phi) is 4.22. The molecule has 0 aliphatic heterocycles. The first-order valence-corrected chi connectivity index (χ1v) is 8.10. The molecule has 2 rings (SSSR count). The molecule has 16 heavy (non-hydrogen) atoms. The molecule has 2 aromatic heterocycles. The van der Waals surface area contributed by atoms with Gasteiger partial charge < -0.3 is 0 Å². The van der Waals surface area contributed by atoms with Crippen LogP contribution in [0.5, 0.6) is 0 Å². The van der Waals surface area contributed by atoms with E-state index in [2.05, 4.69) is 54.0 Å². The molecule has 86 valence electrons. The summed E-state index contributed by atoms with van der Waals surface area (Å²) in [5.41, 5.74) is 0. The molecule has 2 aromatic rings. The highest BCUT2D eigenvalue weighted by molar-refractivity contribution is 9.09. The fourth-order valence-corrected chi connectivity index (χ4v) is 4.42. The summed E-state index contributed by atoms with van der Waals surface area (Å²) in [6, 6.07) is 8.97. The Hall–Kier alpha value is -0.120. The predicted octanol–water partition coefficient (Wildman–Crippen LogP) is 5.42. The standard InChI is InChI=1S/C13H15BrS2/c1-3-9-5-7-11(15-9)13(14)12-8-6-10(4-2)16-12/h5-8,13H,3-4H2,1-2H3. The van der Waals surface area contributed by atoms with Crippen LogP contribution >= 0.6 is 38.6 Å². The van der Waals surface area contributed by atoms with E-state index in [0.717, 1.165) is 12.8 Å². The Labute approximate surface area is 113 Å². The molecule has 0 saturated carbocycles. The summed E-state index contributed by atoms with van der Waals surface area (Å²) in [7, 11) is 0. The minimum Gasteiger partial charge on any atom is -0.144 e. The molecule has 0 unspecified atom stereocenters. The third-order valence-electron chi connectivity index (χ3n) is 2.56. The van der Waals surface area contributed by atoms with E-state index in [-0.39, 0.29) is 0 Å². The van der Waals surface area contributed by atoms with Crippen LogP contribution in [0, 0.1) is 0 Å². The zero-order valence-corrected chi connectivity index (χ0v) is 12.7. The Balaban J connectivity index is 2.20. The van der Waals surface area contributed by atoms with E-state index in [1.54, 1.807) is 0 Å². The van der Waals surface area contributed by atoms with Gasteiger partial charge in [0.25, 0.3) is 0 Å². The normalized spacial score (nSPS) is 11.2. The maximum absolute atomic E-state index is 3.80. The van der Waals surface area contributed by atoms with Crippen LogP contribution in [0.2, 0.25) is 0 Å². The lowest BCUT2D eigenvalue weighted by molar-refractivity contribution is 1.19. The minimum atomic E-state index is 0.378. The van der Waals surface area contributed by atoms with Gasteiger partial charge in [-0.2, -0.15) is 0 Å². The Morgan fingerprint density at radius 1 is 0.938 bits per heavy atom. The van der Waals surface area contributed by atoms with Crippen LogP contribution in [0.1, 0.15) is 38.2 Å². The monoisotopic (exact) mass is 314 g/mol. The Morgan fingerprint density at radius 3 is 1.69 bits per heavy atom. The van der Waals surface area contributed by atoms with Crippen LogP contribution < -0.4 is 0 Å². The van der Waals surface area contributed by atoms with Gasteiger partial charge in [-0.3, -0.25) is 0 Å². The van der Waals surface area contributed by atoms with Gasteiger partial charge in [0.05, 0.1) is 4.83 Å². The molecule has 0 aliphatic carbocycles. The number of hydrogen-bond acceptors (Lipinski definition) is 2. The molecular formula is C13H15BrS2. The third-order valence-corrected chi connectivity index (χ3v) is 6.74. The predicted molar refractivity (Wildman–Crippen MR) is 78.2 cm³/mol. The molecule has 0 bridgehead atoms. The van der Waals surface area contributed by atoms with Crippen molar-refractivity contribution in [2.75, 3.05) is 0 Å². The van der Waals surface area contributed by atoms with Gasteiger partial charge in [0.2, 0.25) is 0 Å². The molecule has 0 amide bonds. The van der Waals surface area contributed by atoms with Crippen LogP contribution in [0.25, 0.3) is 0 Å². The van der Waals surface area contributed by atoms with Crippen LogP contribution in [-0.2, 0) is 12.8 Å². The first-order valence-electron chi connectivity index (χ1n) is 5.55. The van der Waals surface area contributed by atoms with Gasteiger partial charge in [0, 0.05) is 19.5 Å². The minimum absolute atomic E-state index is 0.378. The first kappa shape index (κ1) is 12.3. The molecule has 0 spiro atoms. The van der Waals surface area contributed by atoms with Crippen LogP contribution in [-0.4, -0.2) is 0 Å². The van der Waals surface area contributed by atoms with Crippen LogP contribution in [0.15, 0.2) is 24.3 Å². The molecule has 0 N–H and O–H groups in total. The lowest BCUT2D eigenvalue weighted by atomic mass is 10.3. The van der Waals surface area contributed by atoms with Gasteiger partial charge in [-0.1, -0.05) is 29.8 Å². The highest BCUT2D eigenvalue weighted by Crippen LogP contribution is 2.38. The molecular weight excluding hydrogens is 300 g/mol. The summed E-state index contributed by atoms with van der Waals surface area (Å²) in [5.74, 6) is 0. The molecule has 0 atom stereocenters. The van der Waals surface area contributed by atoms with Crippen molar-refractivity contribution in [3.63, 3.8) is 0 Å².